The highest BCUT2D eigenvalue weighted by molar-refractivity contribution is 6.07. The Balaban J connectivity index is 2.39. The van der Waals surface area contributed by atoms with Crippen molar-refractivity contribution in [2.45, 2.75) is 41.5 Å². The van der Waals surface area contributed by atoms with E-state index in [-0.39, 0.29) is 28.8 Å². The molecule has 4 N–H and O–H groups in total. The lowest BCUT2D eigenvalue weighted by atomic mass is 9.95. The van der Waals surface area contributed by atoms with E-state index in [1.807, 2.05) is 0 Å². The molecule has 0 spiro atoms. The summed E-state index contributed by atoms with van der Waals surface area (Å²) in [6.45, 7) is 10.7. The van der Waals surface area contributed by atoms with Crippen molar-refractivity contribution in [3.05, 3.63) is 48.0 Å². The van der Waals surface area contributed by atoms with Crippen molar-refractivity contribution < 1.29 is 19.5 Å². The molecule has 7 nitrogen and oxygen atoms in total. The Hall–Kier alpha value is -3.35. The monoisotopic (exact) mass is 411 g/mol. The average molecular weight is 412 g/mol. The maximum atomic E-state index is 12.8. The van der Waals surface area contributed by atoms with Gasteiger partial charge in [-0.05, 0) is 30.3 Å². The number of anilines is 3. The first kappa shape index (κ1) is 22.9. The summed E-state index contributed by atoms with van der Waals surface area (Å²) in [5.41, 5.74) is -0.0412. The Morgan fingerprint density at radius 2 is 1.20 bits per heavy atom. The molecule has 2 rings (SSSR count). The van der Waals surface area contributed by atoms with Crippen LogP contribution in [0.1, 0.15) is 51.9 Å². The molecule has 0 saturated heterocycles. The van der Waals surface area contributed by atoms with E-state index in [9.17, 15) is 19.5 Å². The summed E-state index contributed by atoms with van der Waals surface area (Å²) in [6.07, 6.45) is 0. The maximum absolute atomic E-state index is 12.8. The van der Waals surface area contributed by atoms with E-state index in [1.54, 1.807) is 65.8 Å². The smallest absolute Gasteiger partial charge is 0.255 e. The number of aromatic hydroxyl groups is 1. The van der Waals surface area contributed by atoms with Gasteiger partial charge in [-0.2, -0.15) is 0 Å². The molecule has 0 atom stereocenters. The summed E-state index contributed by atoms with van der Waals surface area (Å²) in [6, 6.07) is 11.0. The maximum Gasteiger partial charge on any atom is 0.255 e. The van der Waals surface area contributed by atoms with E-state index < -0.39 is 16.7 Å². The number of nitrogens with one attached hydrogen (secondary N) is 3. The molecular weight excluding hydrogens is 382 g/mol. The Morgan fingerprint density at radius 3 is 1.63 bits per heavy atom. The van der Waals surface area contributed by atoms with E-state index in [1.165, 1.54) is 18.2 Å². The zero-order chi connectivity index (χ0) is 22.7. The first-order valence-electron chi connectivity index (χ1n) is 9.65. The number of amides is 3. The first-order valence-corrected chi connectivity index (χ1v) is 9.65. The van der Waals surface area contributed by atoms with E-state index in [2.05, 4.69) is 16.0 Å². The lowest BCUT2D eigenvalue weighted by molar-refractivity contribution is -0.123. The number of phenols is 1. The fraction of sp³-hybridized carbons (Fsp3) is 0.348. The molecule has 160 valence electrons. The predicted molar refractivity (Wildman–Crippen MR) is 119 cm³/mol. The second-order valence-corrected chi connectivity index (χ2v) is 9.18. The van der Waals surface area contributed by atoms with Crippen LogP contribution in [-0.4, -0.2) is 22.8 Å². The standard InChI is InChI=1S/C23H29N3O4/c1-22(2,3)20(29)24-15-11-14(12-16(13-15)25-21(30)23(4,5)6)19(28)26-17-9-7-8-10-18(17)27/h7-13,27H,1-6H3,(H,24,29)(H,25,30)(H,26,28). The second-order valence-electron chi connectivity index (χ2n) is 9.18. The average Bonchev–Trinajstić information content (AvgIpc) is 2.61. The van der Waals surface area contributed by atoms with Crippen molar-refractivity contribution in [2.24, 2.45) is 10.8 Å². The lowest BCUT2D eigenvalue weighted by Crippen LogP contribution is -2.29. The van der Waals surface area contributed by atoms with Crippen LogP contribution in [0.15, 0.2) is 42.5 Å². The molecule has 0 aliphatic carbocycles. The van der Waals surface area contributed by atoms with Gasteiger partial charge in [-0.25, -0.2) is 0 Å². The van der Waals surface area contributed by atoms with Gasteiger partial charge in [-0.3, -0.25) is 14.4 Å². The summed E-state index contributed by atoms with van der Waals surface area (Å²) in [7, 11) is 0. The van der Waals surface area contributed by atoms with E-state index in [0.717, 1.165) is 0 Å². The molecule has 0 bridgehead atoms. The molecule has 30 heavy (non-hydrogen) atoms. The van der Waals surface area contributed by atoms with Crippen molar-refractivity contribution in [1.29, 1.82) is 0 Å². The minimum atomic E-state index is -0.636. The van der Waals surface area contributed by atoms with Crippen molar-refractivity contribution >= 4 is 34.8 Å². The molecule has 0 aromatic heterocycles. The van der Waals surface area contributed by atoms with E-state index >= 15 is 0 Å². The van der Waals surface area contributed by atoms with Crippen LogP contribution in [0.3, 0.4) is 0 Å². The molecule has 7 heteroatoms. The largest absolute Gasteiger partial charge is 0.506 e. The summed E-state index contributed by atoms with van der Waals surface area (Å²) in [4.78, 5) is 37.6. The van der Waals surface area contributed by atoms with Crippen LogP contribution in [0.25, 0.3) is 0 Å². The van der Waals surface area contributed by atoms with Crippen LogP contribution in [0.4, 0.5) is 17.1 Å². The van der Waals surface area contributed by atoms with Crippen molar-refractivity contribution in [2.75, 3.05) is 16.0 Å². The molecule has 0 heterocycles. The van der Waals surface area contributed by atoms with E-state index in [0.29, 0.717) is 11.4 Å². The van der Waals surface area contributed by atoms with Gasteiger partial charge in [0, 0.05) is 27.8 Å². The third kappa shape index (κ3) is 6.07. The minimum absolute atomic E-state index is 0.0655. The summed E-state index contributed by atoms with van der Waals surface area (Å²) < 4.78 is 0. The fourth-order valence-electron chi connectivity index (χ4n) is 2.31. The number of benzene rings is 2. The van der Waals surface area contributed by atoms with Crippen LogP contribution in [0.2, 0.25) is 0 Å². The van der Waals surface area contributed by atoms with Crippen LogP contribution in [0, 0.1) is 10.8 Å². The zero-order valence-electron chi connectivity index (χ0n) is 18.2. The topological polar surface area (TPSA) is 108 Å². The highest BCUT2D eigenvalue weighted by Crippen LogP contribution is 2.26. The van der Waals surface area contributed by atoms with Gasteiger partial charge in [-0.1, -0.05) is 53.7 Å². The molecule has 0 fully saturated rings. The highest BCUT2D eigenvalue weighted by Gasteiger charge is 2.24. The van der Waals surface area contributed by atoms with Gasteiger partial charge in [-0.15, -0.1) is 0 Å². The first-order chi connectivity index (χ1) is 13.8. The molecule has 0 aliphatic heterocycles. The van der Waals surface area contributed by atoms with Crippen molar-refractivity contribution in [1.82, 2.24) is 0 Å². The van der Waals surface area contributed by atoms with Gasteiger partial charge in [0.25, 0.3) is 5.91 Å². The predicted octanol–water partition coefficient (Wildman–Crippen LogP) is 4.61. The fourth-order valence-corrected chi connectivity index (χ4v) is 2.31. The molecular formula is C23H29N3O4. The van der Waals surface area contributed by atoms with Gasteiger partial charge >= 0.3 is 0 Å². The van der Waals surface area contributed by atoms with Crippen LogP contribution >= 0.6 is 0 Å². The summed E-state index contributed by atoms with van der Waals surface area (Å²) in [5, 5.41) is 18.1. The third-order valence-corrected chi connectivity index (χ3v) is 4.23. The number of carbonyl (C=O) groups excluding carboxylic acids is 3. The molecule has 2 aromatic rings. The Labute approximate surface area is 176 Å². The molecule has 0 unspecified atom stereocenters. The Bertz CT molecular complexity index is 923. The third-order valence-electron chi connectivity index (χ3n) is 4.23. The number of hydrogen-bond donors (Lipinski definition) is 4. The van der Waals surface area contributed by atoms with Gasteiger partial charge in [0.15, 0.2) is 0 Å². The van der Waals surface area contributed by atoms with Gasteiger partial charge in [0.05, 0.1) is 5.69 Å². The van der Waals surface area contributed by atoms with Crippen LogP contribution in [0.5, 0.6) is 5.75 Å². The van der Waals surface area contributed by atoms with Crippen molar-refractivity contribution in [3.8, 4) is 5.75 Å². The second kappa shape index (κ2) is 8.57. The molecule has 2 aromatic carbocycles. The van der Waals surface area contributed by atoms with Crippen LogP contribution < -0.4 is 16.0 Å². The Kier molecular flexibility index (Phi) is 6.55. The van der Waals surface area contributed by atoms with E-state index in [4.69, 9.17) is 0 Å². The number of rotatable bonds is 4. The number of phenolic OH excluding ortho intramolecular Hbond substituents is 1. The minimum Gasteiger partial charge on any atom is -0.506 e. The highest BCUT2D eigenvalue weighted by atomic mass is 16.3. The molecule has 0 saturated carbocycles. The van der Waals surface area contributed by atoms with Gasteiger partial charge in [0.2, 0.25) is 11.8 Å². The van der Waals surface area contributed by atoms with Gasteiger partial charge < -0.3 is 21.1 Å². The zero-order valence-corrected chi connectivity index (χ0v) is 18.2. The molecule has 3 amide bonds. The summed E-state index contributed by atoms with van der Waals surface area (Å²) >= 11 is 0. The van der Waals surface area contributed by atoms with Crippen LogP contribution in [-0.2, 0) is 9.59 Å². The van der Waals surface area contributed by atoms with Gasteiger partial charge in [0.1, 0.15) is 5.75 Å². The SMILES string of the molecule is CC(C)(C)C(=O)Nc1cc(NC(=O)C(C)(C)C)cc(C(=O)Nc2ccccc2O)c1. The number of carbonyl (C=O) groups is 3. The number of hydrogen-bond acceptors (Lipinski definition) is 4. The normalized spacial score (nSPS) is 11.5. The Morgan fingerprint density at radius 1 is 0.733 bits per heavy atom. The lowest BCUT2D eigenvalue weighted by Gasteiger charge is -2.20. The quantitative estimate of drug-likeness (QED) is 0.551. The molecule has 0 aliphatic rings. The van der Waals surface area contributed by atoms with Crippen molar-refractivity contribution in [3.63, 3.8) is 0 Å². The summed E-state index contributed by atoms with van der Waals surface area (Å²) in [5.74, 6) is -1.01. The molecule has 0 radical (unpaired) electrons. The number of para-hydroxylation sites is 2.